The molecule has 0 saturated carbocycles. The molecule has 1 unspecified atom stereocenters. The summed E-state index contributed by atoms with van der Waals surface area (Å²) in [7, 11) is 0. The lowest BCUT2D eigenvalue weighted by Gasteiger charge is -2.18. The van der Waals surface area contributed by atoms with Crippen molar-refractivity contribution in [1.82, 2.24) is 20.5 Å². The number of thiazole rings is 1. The smallest absolute Gasteiger partial charge is 0.350 e. The number of nitrogens with one attached hydrogen (secondary N) is 2. The molecule has 0 aromatic carbocycles. The first kappa shape index (κ1) is 28.1. The number of hydrogen-bond donors (Lipinski definition) is 2. The molecule has 1 heterocycles. The van der Waals surface area contributed by atoms with Crippen LogP contribution >= 0.6 is 35.3 Å². The SMILES string of the molecule is CCNC(=NCCCCN(CC)CC)NC(C)c1nc(C)c(C(=O)OCC)s1.I. The minimum atomic E-state index is -0.301. The second-order valence-corrected chi connectivity index (χ2v) is 7.58. The molecule has 0 aliphatic carbocycles. The third-order valence-electron chi connectivity index (χ3n) is 4.39. The van der Waals surface area contributed by atoms with Gasteiger partial charge in [0.15, 0.2) is 5.96 Å². The topological polar surface area (TPSA) is 78.9 Å². The van der Waals surface area contributed by atoms with E-state index in [2.05, 4.69) is 46.3 Å². The van der Waals surface area contributed by atoms with Crippen molar-refractivity contribution in [3.8, 4) is 0 Å². The number of aromatic nitrogens is 1. The number of nitrogens with zero attached hydrogens (tertiary/aromatic N) is 3. The molecule has 2 N–H and O–H groups in total. The van der Waals surface area contributed by atoms with Crippen LogP contribution in [0.1, 0.15) is 73.9 Å². The molecule has 1 aromatic heterocycles. The van der Waals surface area contributed by atoms with E-state index in [0.717, 1.165) is 56.5 Å². The fourth-order valence-electron chi connectivity index (χ4n) is 2.75. The molecule has 0 amide bonds. The van der Waals surface area contributed by atoms with Crippen molar-refractivity contribution >= 4 is 47.2 Å². The van der Waals surface area contributed by atoms with E-state index < -0.39 is 0 Å². The molecule has 7 nitrogen and oxygen atoms in total. The van der Waals surface area contributed by atoms with Crippen molar-refractivity contribution in [2.75, 3.05) is 39.3 Å². The van der Waals surface area contributed by atoms with E-state index in [9.17, 15) is 4.79 Å². The Morgan fingerprint density at radius 1 is 1.24 bits per heavy atom. The first-order valence-corrected chi connectivity index (χ1v) is 11.2. The van der Waals surface area contributed by atoms with E-state index in [-0.39, 0.29) is 36.0 Å². The summed E-state index contributed by atoms with van der Waals surface area (Å²) in [6.07, 6.45) is 2.21. The zero-order valence-corrected chi connectivity index (χ0v) is 21.9. The Kier molecular flexibility index (Phi) is 15.3. The number of carbonyl (C=O) groups excluding carboxylic acids is 1. The molecule has 0 fully saturated rings. The molecule has 1 atom stereocenters. The maximum Gasteiger partial charge on any atom is 0.350 e. The highest BCUT2D eigenvalue weighted by molar-refractivity contribution is 14.0. The van der Waals surface area contributed by atoms with E-state index in [1.54, 1.807) is 6.92 Å². The molecule has 0 radical (unpaired) electrons. The van der Waals surface area contributed by atoms with Gasteiger partial charge in [-0.05, 0) is 60.2 Å². The average molecular weight is 540 g/mol. The predicted octanol–water partition coefficient (Wildman–Crippen LogP) is 3.98. The van der Waals surface area contributed by atoms with Gasteiger partial charge in [-0.1, -0.05) is 13.8 Å². The molecular weight excluding hydrogens is 501 g/mol. The fourth-order valence-corrected chi connectivity index (χ4v) is 3.72. The molecular formula is C20H38IN5O2S. The lowest BCUT2D eigenvalue weighted by atomic mass is 10.3. The lowest BCUT2D eigenvalue weighted by molar-refractivity contribution is 0.0531. The summed E-state index contributed by atoms with van der Waals surface area (Å²) >= 11 is 1.38. The van der Waals surface area contributed by atoms with Gasteiger partial charge in [0.05, 0.1) is 18.3 Å². The highest BCUT2D eigenvalue weighted by Crippen LogP contribution is 2.24. The van der Waals surface area contributed by atoms with Crippen molar-refractivity contribution in [3.05, 3.63) is 15.6 Å². The molecule has 168 valence electrons. The Bertz CT molecular complexity index is 620. The quantitative estimate of drug-likeness (QED) is 0.138. The van der Waals surface area contributed by atoms with E-state index in [4.69, 9.17) is 4.74 Å². The maximum atomic E-state index is 12.0. The maximum absolute atomic E-state index is 12.0. The van der Waals surface area contributed by atoms with Crippen LogP contribution in [-0.4, -0.2) is 61.1 Å². The van der Waals surface area contributed by atoms with E-state index in [1.165, 1.54) is 11.3 Å². The van der Waals surface area contributed by atoms with E-state index in [1.807, 2.05) is 13.8 Å². The van der Waals surface area contributed by atoms with Crippen molar-refractivity contribution in [2.45, 2.75) is 60.4 Å². The predicted molar refractivity (Wildman–Crippen MR) is 133 cm³/mol. The second-order valence-electron chi connectivity index (χ2n) is 6.55. The minimum absolute atomic E-state index is 0. The summed E-state index contributed by atoms with van der Waals surface area (Å²) in [6.45, 7) is 17.4. The number of ether oxygens (including phenoxy) is 1. The molecule has 0 saturated heterocycles. The van der Waals surface area contributed by atoms with Crippen LogP contribution in [0.4, 0.5) is 0 Å². The van der Waals surface area contributed by atoms with Crippen LogP contribution in [0.15, 0.2) is 4.99 Å². The number of carbonyl (C=O) groups is 1. The van der Waals surface area contributed by atoms with Crippen LogP contribution in [-0.2, 0) is 4.74 Å². The molecule has 0 spiro atoms. The van der Waals surface area contributed by atoms with Crippen LogP contribution in [0.25, 0.3) is 0 Å². The summed E-state index contributed by atoms with van der Waals surface area (Å²) in [5.74, 6) is 0.480. The normalized spacial score (nSPS) is 12.4. The van der Waals surface area contributed by atoms with Gasteiger partial charge in [0.1, 0.15) is 9.88 Å². The first-order valence-electron chi connectivity index (χ1n) is 10.4. The monoisotopic (exact) mass is 539 g/mol. The lowest BCUT2D eigenvalue weighted by Crippen LogP contribution is -2.38. The molecule has 0 bridgehead atoms. The third kappa shape index (κ3) is 10.1. The number of unbranched alkanes of at least 4 members (excludes halogenated alkanes) is 1. The summed E-state index contributed by atoms with van der Waals surface area (Å²) in [4.78, 5) is 24.2. The molecule has 9 heteroatoms. The van der Waals surface area contributed by atoms with Crippen LogP contribution < -0.4 is 10.6 Å². The molecule has 1 rings (SSSR count). The highest BCUT2D eigenvalue weighted by Gasteiger charge is 2.20. The van der Waals surface area contributed by atoms with Gasteiger partial charge in [0.2, 0.25) is 0 Å². The van der Waals surface area contributed by atoms with Gasteiger partial charge in [0, 0.05) is 13.1 Å². The van der Waals surface area contributed by atoms with E-state index >= 15 is 0 Å². The van der Waals surface area contributed by atoms with Crippen LogP contribution in [0.3, 0.4) is 0 Å². The van der Waals surface area contributed by atoms with E-state index in [0.29, 0.717) is 17.2 Å². The molecule has 0 aliphatic heterocycles. The largest absolute Gasteiger partial charge is 0.462 e. The molecule has 0 aliphatic rings. The Morgan fingerprint density at radius 2 is 1.93 bits per heavy atom. The van der Waals surface area contributed by atoms with Gasteiger partial charge in [-0.25, -0.2) is 9.78 Å². The number of halogens is 1. The van der Waals surface area contributed by atoms with Crippen molar-refractivity contribution < 1.29 is 9.53 Å². The van der Waals surface area contributed by atoms with Crippen LogP contribution in [0.5, 0.6) is 0 Å². The standard InChI is InChI=1S/C20H37N5O2S.HI/c1-7-21-20(22-13-11-12-14-25(8-2)9-3)24-16(6)18-23-15(5)17(28-18)19(26)27-10-4;/h16H,7-14H2,1-6H3,(H2,21,22,24);1H. The van der Waals surface area contributed by atoms with Gasteiger partial charge in [-0.3, -0.25) is 4.99 Å². The number of aryl methyl sites for hydroxylation is 1. The van der Waals surface area contributed by atoms with Crippen LogP contribution in [0, 0.1) is 6.92 Å². The second kappa shape index (κ2) is 15.8. The Hall–Kier alpha value is -0.940. The van der Waals surface area contributed by atoms with Crippen molar-refractivity contribution in [1.29, 1.82) is 0 Å². The summed E-state index contributed by atoms with van der Waals surface area (Å²) < 4.78 is 5.10. The Morgan fingerprint density at radius 3 is 2.52 bits per heavy atom. The summed E-state index contributed by atoms with van der Waals surface area (Å²) in [5, 5.41) is 7.53. The van der Waals surface area contributed by atoms with Crippen molar-refractivity contribution in [3.63, 3.8) is 0 Å². The highest BCUT2D eigenvalue weighted by atomic mass is 127. The summed E-state index contributed by atoms with van der Waals surface area (Å²) in [6, 6.07) is -0.0413. The third-order valence-corrected chi connectivity index (χ3v) is 5.71. The Labute approximate surface area is 197 Å². The van der Waals surface area contributed by atoms with Crippen LogP contribution in [0.2, 0.25) is 0 Å². The number of rotatable bonds is 12. The van der Waals surface area contributed by atoms with Gasteiger partial charge in [-0.15, -0.1) is 35.3 Å². The number of aliphatic imine (C=N–C) groups is 1. The number of guanidine groups is 1. The number of esters is 1. The summed E-state index contributed by atoms with van der Waals surface area (Å²) in [5.41, 5.74) is 0.713. The molecule has 1 aromatic rings. The zero-order valence-electron chi connectivity index (χ0n) is 18.7. The minimum Gasteiger partial charge on any atom is -0.462 e. The van der Waals surface area contributed by atoms with Gasteiger partial charge in [0.25, 0.3) is 0 Å². The average Bonchev–Trinajstić information content (AvgIpc) is 3.07. The molecule has 29 heavy (non-hydrogen) atoms. The van der Waals surface area contributed by atoms with Gasteiger partial charge >= 0.3 is 5.97 Å². The Balaban J connectivity index is 0.00000784. The van der Waals surface area contributed by atoms with Crippen molar-refractivity contribution in [2.24, 2.45) is 4.99 Å². The van der Waals surface area contributed by atoms with Gasteiger partial charge in [-0.2, -0.15) is 0 Å². The number of hydrogen-bond acceptors (Lipinski definition) is 6. The first-order chi connectivity index (χ1) is 13.5. The fraction of sp³-hybridized carbons (Fsp3) is 0.750. The van der Waals surface area contributed by atoms with Gasteiger partial charge < -0.3 is 20.3 Å². The zero-order chi connectivity index (χ0) is 20.9.